The van der Waals surface area contributed by atoms with Gasteiger partial charge in [0.2, 0.25) is 5.91 Å². The quantitative estimate of drug-likeness (QED) is 0.809. The van der Waals surface area contributed by atoms with E-state index >= 15 is 0 Å². The molecule has 2 unspecified atom stereocenters. The van der Waals surface area contributed by atoms with Crippen LogP contribution in [0.15, 0.2) is 35.9 Å². The molecule has 1 saturated carbocycles. The average molecular weight is 257 g/mol. The van der Waals surface area contributed by atoms with E-state index in [1.165, 1.54) is 5.57 Å². The molecule has 1 fully saturated rings. The molecule has 2 heteroatoms. The second-order valence-electron chi connectivity index (χ2n) is 6.37. The largest absolute Gasteiger partial charge is 0.326 e. The molecule has 1 aromatic rings. The highest BCUT2D eigenvalue weighted by atomic mass is 16.2. The van der Waals surface area contributed by atoms with Crippen molar-refractivity contribution in [1.29, 1.82) is 0 Å². The van der Waals surface area contributed by atoms with Crippen molar-refractivity contribution in [3.05, 3.63) is 41.5 Å². The predicted octanol–water partition coefficient (Wildman–Crippen LogP) is 4.17. The summed E-state index contributed by atoms with van der Waals surface area (Å²) >= 11 is 0. The van der Waals surface area contributed by atoms with Crippen LogP contribution in [0.3, 0.4) is 0 Å². The summed E-state index contributed by atoms with van der Waals surface area (Å²) in [6, 6.07) is 7.91. The Morgan fingerprint density at radius 1 is 1.26 bits per heavy atom. The summed E-state index contributed by atoms with van der Waals surface area (Å²) in [6.45, 7) is 10.5. The molecule has 1 aromatic carbocycles. The van der Waals surface area contributed by atoms with Crippen molar-refractivity contribution in [3.8, 4) is 0 Å². The Hall–Kier alpha value is -1.57. The lowest BCUT2D eigenvalue weighted by atomic mass is 10.1. The van der Waals surface area contributed by atoms with Gasteiger partial charge in [-0.15, -0.1) is 0 Å². The van der Waals surface area contributed by atoms with Gasteiger partial charge >= 0.3 is 0 Å². The number of hydrogen-bond acceptors (Lipinski definition) is 1. The topological polar surface area (TPSA) is 29.1 Å². The van der Waals surface area contributed by atoms with E-state index in [-0.39, 0.29) is 17.2 Å². The zero-order valence-electron chi connectivity index (χ0n) is 12.4. The zero-order valence-corrected chi connectivity index (χ0v) is 12.4. The molecule has 1 aliphatic rings. The fourth-order valence-electron chi connectivity index (χ4n) is 2.77. The van der Waals surface area contributed by atoms with Gasteiger partial charge in [0.25, 0.3) is 0 Å². The van der Waals surface area contributed by atoms with Crippen LogP contribution in [-0.2, 0) is 4.79 Å². The minimum absolute atomic E-state index is 0.0735. The van der Waals surface area contributed by atoms with E-state index in [2.05, 4.69) is 39.1 Å². The van der Waals surface area contributed by atoms with Gasteiger partial charge < -0.3 is 5.32 Å². The van der Waals surface area contributed by atoms with Gasteiger partial charge in [-0.3, -0.25) is 4.79 Å². The third-order valence-corrected chi connectivity index (χ3v) is 4.11. The van der Waals surface area contributed by atoms with Gasteiger partial charge in [-0.1, -0.05) is 43.7 Å². The van der Waals surface area contributed by atoms with Crippen LogP contribution < -0.4 is 5.32 Å². The number of carbonyl (C=O) groups excluding carboxylic acids is 1. The molecule has 0 aliphatic heterocycles. The van der Waals surface area contributed by atoms with E-state index < -0.39 is 0 Å². The minimum atomic E-state index is 0.0735. The molecule has 0 aromatic heterocycles. The number of aryl methyl sites for hydroxylation is 1. The van der Waals surface area contributed by atoms with Gasteiger partial charge in [-0.05, 0) is 43.7 Å². The molecule has 2 nitrogen and oxygen atoms in total. The van der Waals surface area contributed by atoms with Crippen molar-refractivity contribution >= 4 is 11.6 Å². The third kappa shape index (κ3) is 2.73. The molecule has 0 heterocycles. The summed E-state index contributed by atoms with van der Waals surface area (Å²) in [5.74, 6) is 0.588. The lowest BCUT2D eigenvalue weighted by Crippen LogP contribution is -2.17. The van der Waals surface area contributed by atoms with Gasteiger partial charge in [0.15, 0.2) is 0 Å². The summed E-state index contributed by atoms with van der Waals surface area (Å²) in [6.07, 6.45) is 2.22. The molecule has 0 radical (unpaired) electrons. The van der Waals surface area contributed by atoms with E-state index in [1.54, 1.807) is 0 Å². The molecule has 1 N–H and O–H groups in total. The number of hydrogen-bond donors (Lipinski definition) is 1. The maximum absolute atomic E-state index is 12.4. The normalized spacial score (nSPS) is 23.6. The van der Waals surface area contributed by atoms with Crippen molar-refractivity contribution in [2.75, 3.05) is 5.32 Å². The fourth-order valence-corrected chi connectivity index (χ4v) is 2.77. The smallest absolute Gasteiger partial charge is 0.228 e. The van der Waals surface area contributed by atoms with E-state index in [4.69, 9.17) is 0 Å². The Bertz CT molecular complexity index is 524. The average Bonchev–Trinajstić information content (AvgIpc) is 2.82. The van der Waals surface area contributed by atoms with Crippen LogP contribution in [-0.4, -0.2) is 5.91 Å². The van der Waals surface area contributed by atoms with E-state index in [9.17, 15) is 4.79 Å². The molecule has 0 saturated heterocycles. The third-order valence-electron chi connectivity index (χ3n) is 4.11. The van der Waals surface area contributed by atoms with Gasteiger partial charge in [0, 0.05) is 5.69 Å². The second kappa shape index (κ2) is 4.84. The van der Waals surface area contributed by atoms with Crippen LogP contribution in [0.2, 0.25) is 0 Å². The Kier molecular flexibility index (Phi) is 3.53. The molecule has 2 rings (SSSR count). The van der Waals surface area contributed by atoms with Crippen LogP contribution in [0.1, 0.15) is 33.3 Å². The number of amides is 1. The highest BCUT2D eigenvalue weighted by Gasteiger charge is 2.60. The van der Waals surface area contributed by atoms with Crippen LogP contribution >= 0.6 is 0 Å². The molecule has 2 atom stereocenters. The zero-order chi connectivity index (χ0) is 14.2. The predicted molar refractivity (Wildman–Crippen MR) is 80.0 cm³/mol. The number of carbonyl (C=O) groups is 1. The van der Waals surface area contributed by atoms with Crippen LogP contribution in [0, 0.1) is 24.2 Å². The van der Waals surface area contributed by atoms with Gasteiger partial charge in [0.05, 0.1) is 5.92 Å². The highest BCUT2D eigenvalue weighted by molar-refractivity contribution is 5.96. The molecular formula is C17H23NO. The Morgan fingerprint density at radius 2 is 1.89 bits per heavy atom. The number of para-hydroxylation sites is 1. The maximum Gasteiger partial charge on any atom is 0.228 e. The van der Waals surface area contributed by atoms with Crippen LogP contribution in [0.25, 0.3) is 0 Å². The summed E-state index contributed by atoms with van der Waals surface area (Å²) < 4.78 is 0. The first kappa shape index (κ1) is 13.9. The molecule has 0 bridgehead atoms. The Morgan fingerprint density at radius 3 is 2.47 bits per heavy atom. The molecule has 19 heavy (non-hydrogen) atoms. The molecular weight excluding hydrogens is 234 g/mol. The second-order valence-corrected chi connectivity index (χ2v) is 6.37. The minimum Gasteiger partial charge on any atom is -0.326 e. The number of anilines is 1. The van der Waals surface area contributed by atoms with Crippen LogP contribution in [0.4, 0.5) is 5.69 Å². The Labute approximate surface area is 115 Å². The first-order valence-electron chi connectivity index (χ1n) is 6.85. The van der Waals surface area contributed by atoms with Gasteiger partial charge in [0.1, 0.15) is 0 Å². The van der Waals surface area contributed by atoms with Crippen molar-refractivity contribution in [2.45, 2.75) is 34.6 Å². The fraction of sp³-hybridized carbons (Fsp3) is 0.471. The van der Waals surface area contributed by atoms with Crippen molar-refractivity contribution in [3.63, 3.8) is 0 Å². The van der Waals surface area contributed by atoms with Crippen LogP contribution in [0.5, 0.6) is 0 Å². The number of allylic oxidation sites excluding steroid dienone is 2. The van der Waals surface area contributed by atoms with E-state index in [1.807, 2.05) is 31.2 Å². The monoisotopic (exact) mass is 257 g/mol. The lowest BCUT2D eigenvalue weighted by Gasteiger charge is -2.08. The summed E-state index contributed by atoms with van der Waals surface area (Å²) in [7, 11) is 0. The van der Waals surface area contributed by atoms with Gasteiger partial charge in [-0.2, -0.15) is 0 Å². The molecule has 1 amide bonds. The lowest BCUT2D eigenvalue weighted by molar-refractivity contribution is -0.118. The van der Waals surface area contributed by atoms with Crippen molar-refractivity contribution in [2.24, 2.45) is 17.3 Å². The van der Waals surface area contributed by atoms with Crippen molar-refractivity contribution in [1.82, 2.24) is 0 Å². The molecule has 1 aliphatic carbocycles. The number of benzene rings is 1. The standard InChI is InChI=1S/C17H23NO/c1-11(2)10-13-15(17(13,4)5)16(19)18-14-9-7-6-8-12(14)3/h6-10,13,15H,1-5H3,(H,18,19). The maximum atomic E-state index is 12.4. The Balaban J connectivity index is 2.10. The van der Waals surface area contributed by atoms with Gasteiger partial charge in [-0.25, -0.2) is 0 Å². The van der Waals surface area contributed by atoms with Crippen molar-refractivity contribution < 1.29 is 4.79 Å². The summed E-state index contributed by atoms with van der Waals surface area (Å²) in [4.78, 5) is 12.4. The summed E-state index contributed by atoms with van der Waals surface area (Å²) in [5.41, 5.74) is 3.38. The number of rotatable bonds is 3. The van der Waals surface area contributed by atoms with E-state index in [0.29, 0.717) is 5.92 Å². The number of nitrogens with one attached hydrogen (secondary N) is 1. The van der Waals surface area contributed by atoms with E-state index in [0.717, 1.165) is 11.3 Å². The first-order chi connectivity index (χ1) is 8.84. The first-order valence-corrected chi connectivity index (χ1v) is 6.85. The molecule has 0 spiro atoms. The highest BCUT2D eigenvalue weighted by Crippen LogP contribution is 2.59. The molecule has 102 valence electrons. The SMILES string of the molecule is CC(C)=CC1C(C(=O)Nc2ccccc2C)C1(C)C. The summed E-state index contributed by atoms with van der Waals surface area (Å²) in [5, 5.41) is 3.06.